The standard InChI is InChI=1S/C23H27N3O4S/c1-4-26(17-18-7-11-20(12-8-18)25(2)3)23(27)19-9-13-22(14-10-19)31(28,29)24-16-21-6-5-15-30-21/h5-15,24H,4,16-17H2,1-3H3. The van der Waals surface area contributed by atoms with Crippen molar-refractivity contribution in [1.82, 2.24) is 9.62 Å². The van der Waals surface area contributed by atoms with Crippen LogP contribution in [0, 0.1) is 0 Å². The van der Waals surface area contributed by atoms with E-state index in [2.05, 4.69) is 4.72 Å². The maximum atomic E-state index is 12.9. The molecule has 0 saturated heterocycles. The molecule has 0 aliphatic rings. The minimum Gasteiger partial charge on any atom is -0.468 e. The van der Waals surface area contributed by atoms with Crippen LogP contribution in [-0.4, -0.2) is 39.9 Å². The normalized spacial score (nSPS) is 11.3. The molecule has 0 spiro atoms. The highest BCUT2D eigenvalue weighted by atomic mass is 32.2. The van der Waals surface area contributed by atoms with Gasteiger partial charge in [-0.15, -0.1) is 0 Å². The summed E-state index contributed by atoms with van der Waals surface area (Å²) in [5, 5.41) is 0. The molecule has 0 saturated carbocycles. The van der Waals surface area contributed by atoms with Gasteiger partial charge in [0.15, 0.2) is 0 Å². The third-order valence-electron chi connectivity index (χ3n) is 4.92. The summed E-state index contributed by atoms with van der Waals surface area (Å²) in [6, 6.07) is 17.4. The first-order valence-corrected chi connectivity index (χ1v) is 11.5. The Morgan fingerprint density at radius 1 is 1.00 bits per heavy atom. The van der Waals surface area contributed by atoms with E-state index < -0.39 is 10.0 Å². The Morgan fingerprint density at radius 3 is 2.23 bits per heavy atom. The minimum atomic E-state index is -3.70. The Morgan fingerprint density at radius 2 is 1.68 bits per heavy atom. The Labute approximate surface area is 183 Å². The number of rotatable bonds is 9. The second-order valence-electron chi connectivity index (χ2n) is 7.31. The van der Waals surface area contributed by atoms with Crippen LogP contribution in [0.3, 0.4) is 0 Å². The van der Waals surface area contributed by atoms with Crippen LogP contribution in [0.15, 0.2) is 76.2 Å². The number of carbonyl (C=O) groups excluding carboxylic acids is 1. The summed E-state index contributed by atoms with van der Waals surface area (Å²) in [7, 11) is 0.256. The number of amides is 1. The topological polar surface area (TPSA) is 82.9 Å². The Hall–Kier alpha value is -3.10. The van der Waals surface area contributed by atoms with Crippen molar-refractivity contribution in [2.45, 2.75) is 24.9 Å². The summed E-state index contributed by atoms with van der Waals surface area (Å²) < 4.78 is 32.6. The smallest absolute Gasteiger partial charge is 0.254 e. The molecule has 3 rings (SSSR count). The van der Waals surface area contributed by atoms with Gasteiger partial charge in [-0.3, -0.25) is 4.79 Å². The first-order valence-electron chi connectivity index (χ1n) is 9.98. The zero-order valence-corrected chi connectivity index (χ0v) is 18.7. The molecule has 164 valence electrons. The molecule has 0 bridgehead atoms. The van der Waals surface area contributed by atoms with Crippen LogP contribution in [0.4, 0.5) is 5.69 Å². The Kier molecular flexibility index (Phi) is 7.14. The fraction of sp³-hybridized carbons (Fsp3) is 0.261. The van der Waals surface area contributed by atoms with E-state index in [0.29, 0.717) is 24.4 Å². The van der Waals surface area contributed by atoms with Gasteiger partial charge in [0.2, 0.25) is 10.0 Å². The molecule has 0 radical (unpaired) electrons. The fourth-order valence-electron chi connectivity index (χ4n) is 3.07. The molecule has 8 heteroatoms. The van der Waals surface area contributed by atoms with Crippen molar-refractivity contribution < 1.29 is 17.6 Å². The molecule has 1 N–H and O–H groups in total. The number of sulfonamides is 1. The highest BCUT2D eigenvalue weighted by Crippen LogP contribution is 2.17. The molecule has 7 nitrogen and oxygen atoms in total. The van der Waals surface area contributed by atoms with Gasteiger partial charge in [-0.2, -0.15) is 0 Å². The van der Waals surface area contributed by atoms with E-state index in [1.54, 1.807) is 29.2 Å². The van der Waals surface area contributed by atoms with E-state index in [1.807, 2.05) is 50.2 Å². The lowest BCUT2D eigenvalue weighted by atomic mass is 10.1. The van der Waals surface area contributed by atoms with Gasteiger partial charge in [-0.05, 0) is 61.0 Å². The lowest BCUT2D eigenvalue weighted by molar-refractivity contribution is 0.0752. The monoisotopic (exact) mass is 441 g/mol. The molecular weight excluding hydrogens is 414 g/mol. The summed E-state index contributed by atoms with van der Waals surface area (Å²) in [6.45, 7) is 3.00. The van der Waals surface area contributed by atoms with Crippen LogP contribution in [0.1, 0.15) is 28.6 Å². The average Bonchev–Trinajstić information content (AvgIpc) is 3.30. The van der Waals surface area contributed by atoms with Gasteiger partial charge in [-0.25, -0.2) is 13.1 Å². The fourth-order valence-corrected chi connectivity index (χ4v) is 4.06. The van der Waals surface area contributed by atoms with E-state index in [0.717, 1.165) is 11.3 Å². The predicted molar refractivity (Wildman–Crippen MR) is 120 cm³/mol. The molecule has 0 atom stereocenters. The quantitative estimate of drug-likeness (QED) is 0.550. The SMILES string of the molecule is CCN(Cc1ccc(N(C)C)cc1)C(=O)c1ccc(S(=O)(=O)NCc2ccco2)cc1. The zero-order chi connectivity index (χ0) is 22.4. The maximum absolute atomic E-state index is 12.9. The molecule has 0 aliphatic heterocycles. The lowest BCUT2D eigenvalue weighted by Crippen LogP contribution is -2.30. The number of anilines is 1. The number of hydrogen-bond donors (Lipinski definition) is 1. The second-order valence-corrected chi connectivity index (χ2v) is 9.08. The van der Waals surface area contributed by atoms with Gasteiger partial charge in [0, 0.05) is 38.4 Å². The van der Waals surface area contributed by atoms with Gasteiger partial charge in [-0.1, -0.05) is 12.1 Å². The maximum Gasteiger partial charge on any atom is 0.254 e. The van der Waals surface area contributed by atoms with E-state index in [4.69, 9.17) is 4.42 Å². The number of nitrogens with zero attached hydrogens (tertiary/aromatic N) is 2. The number of furan rings is 1. The van der Waals surface area contributed by atoms with E-state index in [9.17, 15) is 13.2 Å². The molecule has 1 aromatic heterocycles. The van der Waals surface area contributed by atoms with Crippen molar-refractivity contribution in [3.63, 3.8) is 0 Å². The van der Waals surface area contributed by atoms with Gasteiger partial charge in [0.1, 0.15) is 5.76 Å². The van der Waals surface area contributed by atoms with E-state index in [-0.39, 0.29) is 17.3 Å². The van der Waals surface area contributed by atoms with Crippen LogP contribution in [0.5, 0.6) is 0 Å². The molecule has 31 heavy (non-hydrogen) atoms. The highest BCUT2D eigenvalue weighted by molar-refractivity contribution is 7.89. The summed E-state index contributed by atoms with van der Waals surface area (Å²) >= 11 is 0. The second kappa shape index (κ2) is 9.80. The summed E-state index contributed by atoms with van der Waals surface area (Å²) in [5.74, 6) is 0.374. The number of carbonyl (C=O) groups is 1. The van der Waals surface area contributed by atoms with Gasteiger partial charge in [0.05, 0.1) is 17.7 Å². The molecule has 2 aromatic carbocycles. The van der Waals surface area contributed by atoms with Crippen LogP contribution < -0.4 is 9.62 Å². The van der Waals surface area contributed by atoms with E-state index in [1.165, 1.54) is 18.4 Å². The lowest BCUT2D eigenvalue weighted by Gasteiger charge is -2.22. The summed E-state index contributed by atoms with van der Waals surface area (Å²) in [5.41, 5.74) is 2.56. The number of nitrogens with one attached hydrogen (secondary N) is 1. The highest BCUT2D eigenvalue weighted by Gasteiger charge is 2.18. The molecule has 0 aliphatic carbocycles. The van der Waals surface area contributed by atoms with Crippen LogP contribution in [0.25, 0.3) is 0 Å². The zero-order valence-electron chi connectivity index (χ0n) is 17.9. The van der Waals surface area contributed by atoms with Gasteiger partial charge in [0.25, 0.3) is 5.91 Å². The molecule has 3 aromatic rings. The van der Waals surface area contributed by atoms with Crippen molar-refractivity contribution in [2.75, 3.05) is 25.5 Å². The Balaban J connectivity index is 1.67. The van der Waals surface area contributed by atoms with Crippen molar-refractivity contribution in [3.8, 4) is 0 Å². The van der Waals surface area contributed by atoms with Crippen molar-refractivity contribution >= 4 is 21.6 Å². The number of benzene rings is 2. The third kappa shape index (κ3) is 5.74. The summed E-state index contributed by atoms with van der Waals surface area (Å²) in [6.07, 6.45) is 1.49. The van der Waals surface area contributed by atoms with Crippen molar-refractivity contribution in [2.24, 2.45) is 0 Å². The van der Waals surface area contributed by atoms with Crippen molar-refractivity contribution in [1.29, 1.82) is 0 Å². The first-order chi connectivity index (χ1) is 14.8. The van der Waals surface area contributed by atoms with Gasteiger partial charge < -0.3 is 14.2 Å². The average molecular weight is 442 g/mol. The van der Waals surface area contributed by atoms with Gasteiger partial charge >= 0.3 is 0 Å². The molecule has 0 fully saturated rings. The summed E-state index contributed by atoms with van der Waals surface area (Å²) in [4.78, 5) is 16.8. The third-order valence-corrected chi connectivity index (χ3v) is 6.34. The number of hydrogen-bond acceptors (Lipinski definition) is 5. The van der Waals surface area contributed by atoms with E-state index >= 15 is 0 Å². The van der Waals surface area contributed by atoms with Crippen LogP contribution >= 0.6 is 0 Å². The predicted octanol–water partition coefficient (Wildman–Crippen LogP) is 3.49. The van der Waals surface area contributed by atoms with Crippen molar-refractivity contribution in [3.05, 3.63) is 83.8 Å². The molecular formula is C23H27N3O4S. The van der Waals surface area contributed by atoms with Crippen LogP contribution in [0.2, 0.25) is 0 Å². The molecule has 1 amide bonds. The molecule has 0 unspecified atom stereocenters. The molecule has 1 heterocycles. The minimum absolute atomic E-state index is 0.0617. The largest absolute Gasteiger partial charge is 0.468 e. The van der Waals surface area contributed by atoms with Crippen LogP contribution in [-0.2, 0) is 23.1 Å². The first kappa shape index (κ1) is 22.6. The Bertz CT molecular complexity index is 1090.